The van der Waals surface area contributed by atoms with Gasteiger partial charge >= 0.3 is 6.03 Å². The third kappa shape index (κ3) is 3.99. The maximum Gasteiger partial charge on any atom is 0.323 e. The third-order valence-electron chi connectivity index (χ3n) is 4.91. The van der Waals surface area contributed by atoms with Gasteiger partial charge in [-0.2, -0.15) is 5.10 Å². The Morgan fingerprint density at radius 1 is 1.24 bits per heavy atom. The summed E-state index contributed by atoms with van der Waals surface area (Å²) in [7, 11) is 1.89. The molecule has 2 amide bonds. The summed E-state index contributed by atoms with van der Waals surface area (Å²) in [6, 6.07) is 3.74. The topological polar surface area (TPSA) is 66.3 Å². The number of piperazine rings is 1. The number of aromatic nitrogens is 3. The van der Waals surface area contributed by atoms with Gasteiger partial charge in [-0.25, -0.2) is 9.78 Å². The number of nitrogens with zero attached hydrogens (tertiary/aromatic N) is 5. The van der Waals surface area contributed by atoms with Crippen LogP contribution in [0.15, 0.2) is 30.7 Å². The van der Waals surface area contributed by atoms with Crippen LogP contribution in [0.25, 0.3) is 11.1 Å². The zero-order valence-corrected chi connectivity index (χ0v) is 14.6. The molecular weight excluding hydrogens is 316 g/mol. The summed E-state index contributed by atoms with van der Waals surface area (Å²) < 4.78 is 1.76. The summed E-state index contributed by atoms with van der Waals surface area (Å²) in [6.45, 7) is 4.69. The number of hydrogen-bond acceptors (Lipinski definition) is 4. The van der Waals surface area contributed by atoms with E-state index in [0.717, 1.165) is 43.2 Å². The predicted octanol–water partition coefficient (Wildman–Crippen LogP) is 2.04. The molecule has 1 saturated carbocycles. The third-order valence-corrected chi connectivity index (χ3v) is 4.91. The fourth-order valence-corrected chi connectivity index (χ4v) is 3.24. The number of aryl methyl sites for hydroxylation is 1. The van der Waals surface area contributed by atoms with Crippen LogP contribution < -0.4 is 5.32 Å². The Bertz CT molecular complexity index is 746. The van der Waals surface area contributed by atoms with Crippen LogP contribution in [0, 0.1) is 5.92 Å². The summed E-state index contributed by atoms with van der Waals surface area (Å²) in [5.74, 6) is 1.48. The van der Waals surface area contributed by atoms with E-state index in [0.29, 0.717) is 5.82 Å². The van der Waals surface area contributed by atoms with Gasteiger partial charge in [0, 0.05) is 57.7 Å². The number of urea groups is 1. The van der Waals surface area contributed by atoms with Crippen molar-refractivity contribution in [3.63, 3.8) is 0 Å². The molecule has 25 heavy (non-hydrogen) atoms. The average Bonchev–Trinajstić information content (AvgIpc) is 3.33. The standard InChI is InChI=1S/C18H24N6O/c1-22-13-16(11-20-22)15-4-5-19-17(10-15)21-18(25)24-8-6-23(7-9-24)12-14-2-3-14/h4-5,10-11,13-14H,2-3,6-9,12H2,1H3,(H,19,21,25). The quantitative estimate of drug-likeness (QED) is 0.925. The summed E-state index contributed by atoms with van der Waals surface area (Å²) in [5, 5.41) is 7.11. The first-order chi connectivity index (χ1) is 12.2. The van der Waals surface area contributed by atoms with Gasteiger partial charge in [-0.3, -0.25) is 14.9 Å². The zero-order chi connectivity index (χ0) is 17.2. The Labute approximate surface area is 147 Å². The van der Waals surface area contributed by atoms with Crippen molar-refractivity contribution in [2.75, 3.05) is 38.0 Å². The van der Waals surface area contributed by atoms with Crippen LogP contribution in [0.3, 0.4) is 0 Å². The number of nitrogens with one attached hydrogen (secondary N) is 1. The minimum absolute atomic E-state index is 0.0677. The highest BCUT2D eigenvalue weighted by molar-refractivity contribution is 5.89. The van der Waals surface area contributed by atoms with Crippen molar-refractivity contribution in [3.8, 4) is 11.1 Å². The first kappa shape index (κ1) is 16.1. The molecule has 1 aliphatic carbocycles. The van der Waals surface area contributed by atoms with E-state index in [1.165, 1.54) is 19.4 Å². The molecule has 1 saturated heterocycles. The highest BCUT2D eigenvalue weighted by Gasteiger charge is 2.27. The molecule has 0 atom stereocenters. The van der Waals surface area contributed by atoms with E-state index >= 15 is 0 Å². The largest absolute Gasteiger partial charge is 0.323 e. The monoisotopic (exact) mass is 340 g/mol. The van der Waals surface area contributed by atoms with E-state index in [4.69, 9.17) is 0 Å². The van der Waals surface area contributed by atoms with Crippen molar-refractivity contribution in [2.24, 2.45) is 13.0 Å². The van der Waals surface area contributed by atoms with Crippen LogP contribution in [0.5, 0.6) is 0 Å². The Balaban J connectivity index is 1.34. The van der Waals surface area contributed by atoms with Crippen LogP contribution in [0.2, 0.25) is 0 Å². The lowest BCUT2D eigenvalue weighted by Crippen LogP contribution is -2.50. The maximum absolute atomic E-state index is 12.5. The van der Waals surface area contributed by atoms with E-state index < -0.39 is 0 Å². The minimum atomic E-state index is -0.0677. The van der Waals surface area contributed by atoms with Crippen LogP contribution >= 0.6 is 0 Å². The lowest BCUT2D eigenvalue weighted by Gasteiger charge is -2.34. The average molecular weight is 340 g/mol. The van der Waals surface area contributed by atoms with Gasteiger partial charge in [-0.05, 0) is 36.5 Å². The van der Waals surface area contributed by atoms with Crippen molar-refractivity contribution >= 4 is 11.8 Å². The molecule has 1 aliphatic heterocycles. The lowest BCUT2D eigenvalue weighted by molar-refractivity contribution is 0.144. The molecule has 2 aromatic heterocycles. The highest BCUT2D eigenvalue weighted by Crippen LogP contribution is 2.30. The number of amides is 2. The van der Waals surface area contributed by atoms with E-state index in [9.17, 15) is 4.79 Å². The number of hydrogen-bond donors (Lipinski definition) is 1. The van der Waals surface area contributed by atoms with Gasteiger partial charge in [-0.15, -0.1) is 0 Å². The van der Waals surface area contributed by atoms with E-state index in [1.54, 1.807) is 17.1 Å². The summed E-state index contributed by atoms with van der Waals surface area (Å²) in [6.07, 6.45) is 8.21. The van der Waals surface area contributed by atoms with Gasteiger partial charge in [0.25, 0.3) is 0 Å². The molecule has 132 valence electrons. The molecular formula is C18H24N6O. The summed E-state index contributed by atoms with van der Waals surface area (Å²) in [4.78, 5) is 21.1. The number of carbonyl (C=O) groups excluding carboxylic acids is 1. The molecule has 0 spiro atoms. The molecule has 0 unspecified atom stereocenters. The van der Waals surface area contributed by atoms with E-state index in [2.05, 4.69) is 20.3 Å². The zero-order valence-electron chi connectivity index (χ0n) is 14.6. The van der Waals surface area contributed by atoms with Gasteiger partial charge in [-0.1, -0.05) is 0 Å². The molecule has 3 heterocycles. The molecule has 0 aromatic carbocycles. The Morgan fingerprint density at radius 3 is 2.72 bits per heavy atom. The van der Waals surface area contributed by atoms with Crippen molar-refractivity contribution in [2.45, 2.75) is 12.8 Å². The predicted molar refractivity (Wildman–Crippen MR) is 96.2 cm³/mol. The number of carbonyl (C=O) groups is 1. The second-order valence-electron chi connectivity index (χ2n) is 6.99. The van der Waals surface area contributed by atoms with Crippen LogP contribution in [0.1, 0.15) is 12.8 Å². The first-order valence-corrected chi connectivity index (χ1v) is 8.91. The summed E-state index contributed by atoms with van der Waals surface area (Å²) in [5.41, 5.74) is 2.00. The van der Waals surface area contributed by atoms with E-state index in [-0.39, 0.29) is 6.03 Å². The van der Waals surface area contributed by atoms with Crippen molar-refractivity contribution in [1.29, 1.82) is 0 Å². The summed E-state index contributed by atoms with van der Waals surface area (Å²) >= 11 is 0. The fourth-order valence-electron chi connectivity index (χ4n) is 3.24. The van der Waals surface area contributed by atoms with Crippen LogP contribution in [-0.4, -0.2) is 63.3 Å². The Hall–Kier alpha value is -2.41. The Morgan fingerprint density at radius 2 is 2.04 bits per heavy atom. The van der Waals surface area contributed by atoms with Gasteiger partial charge < -0.3 is 4.90 Å². The highest BCUT2D eigenvalue weighted by atomic mass is 16.2. The molecule has 1 N–H and O–H groups in total. The number of anilines is 1. The molecule has 2 aromatic rings. The molecule has 4 rings (SSSR count). The molecule has 0 bridgehead atoms. The first-order valence-electron chi connectivity index (χ1n) is 8.91. The van der Waals surface area contributed by atoms with Gasteiger partial charge in [0.2, 0.25) is 0 Å². The van der Waals surface area contributed by atoms with Gasteiger partial charge in [0.15, 0.2) is 0 Å². The SMILES string of the molecule is Cn1cc(-c2ccnc(NC(=O)N3CCN(CC4CC4)CC3)c2)cn1. The van der Waals surface area contributed by atoms with Gasteiger partial charge in [0.05, 0.1) is 6.20 Å². The van der Waals surface area contributed by atoms with Crippen molar-refractivity contribution in [3.05, 3.63) is 30.7 Å². The minimum Gasteiger partial charge on any atom is -0.322 e. The lowest BCUT2D eigenvalue weighted by atomic mass is 10.1. The molecule has 2 fully saturated rings. The normalized spacial score (nSPS) is 18.4. The second-order valence-corrected chi connectivity index (χ2v) is 6.99. The van der Waals surface area contributed by atoms with E-state index in [1.807, 2.05) is 30.3 Å². The number of pyridine rings is 1. The molecule has 2 aliphatic rings. The maximum atomic E-state index is 12.5. The molecule has 7 nitrogen and oxygen atoms in total. The van der Waals surface area contributed by atoms with Crippen LogP contribution in [0.4, 0.5) is 10.6 Å². The Kier molecular flexibility index (Phi) is 4.40. The van der Waals surface area contributed by atoms with Crippen LogP contribution in [-0.2, 0) is 7.05 Å². The molecule has 7 heteroatoms. The molecule has 0 radical (unpaired) electrons. The van der Waals surface area contributed by atoms with Crippen molar-refractivity contribution in [1.82, 2.24) is 24.6 Å². The smallest absolute Gasteiger partial charge is 0.322 e. The fraction of sp³-hybridized carbons (Fsp3) is 0.500. The van der Waals surface area contributed by atoms with Gasteiger partial charge in [0.1, 0.15) is 5.82 Å². The number of rotatable bonds is 4. The second kappa shape index (κ2) is 6.84. The van der Waals surface area contributed by atoms with Crippen molar-refractivity contribution < 1.29 is 4.79 Å².